The molecule has 16 heavy (non-hydrogen) atoms. The number of aryl methyl sites for hydroxylation is 1. The van der Waals surface area contributed by atoms with Gasteiger partial charge in [-0.1, -0.05) is 0 Å². The van der Waals surface area contributed by atoms with Crippen LogP contribution in [0.3, 0.4) is 0 Å². The zero-order valence-corrected chi connectivity index (χ0v) is 10.3. The summed E-state index contributed by atoms with van der Waals surface area (Å²) in [6.07, 6.45) is 2.61. The second kappa shape index (κ2) is 5.51. The Kier molecular flexibility index (Phi) is 4.02. The SMILES string of the molecule is Cc1ccc(CN(C)CC2CCNCC2)o1. The zero-order chi connectivity index (χ0) is 11.4. The largest absolute Gasteiger partial charge is 0.465 e. The van der Waals surface area contributed by atoms with Crippen molar-refractivity contribution in [2.75, 3.05) is 26.7 Å². The van der Waals surface area contributed by atoms with Crippen molar-refractivity contribution in [2.45, 2.75) is 26.3 Å². The van der Waals surface area contributed by atoms with Gasteiger partial charge in [0.1, 0.15) is 11.5 Å². The molecule has 0 unspecified atom stereocenters. The van der Waals surface area contributed by atoms with E-state index in [2.05, 4.69) is 23.3 Å². The van der Waals surface area contributed by atoms with Crippen molar-refractivity contribution in [1.29, 1.82) is 0 Å². The normalized spacial score (nSPS) is 18.2. The highest BCUT2D eigenvalue weighted by Crippen LogP contribution is 2.15. The fourth-order valence-corrected chi connectivity index (χ4v) is 2.41. The molecule has 90 valence electrons. The summed E-state index contributed by atoms with van der Waals surface area (Å²) in [7, 11) is 2.18. The second-order valence-electron chi connectivity index (χ2n) is 4.90. The van der Waals surface area contributed by atoms with Crippen LogP contribution in [0.5, 0.6) is 0 Å². The summed E-state index contributed by atoms with van der Waals surface area (Å²) in [5.41, 5.74) is 0. The van der Waals surface area contributed by atoms with Crippen LogP contribution >= 0.6 is 0 Å². The molecule has 1 aromatic rings. The molecule has 1 fully saturated rings. The van der Waals surface area contributed by atoms with E-state index in [4.69, 9.17) is 4.42 Å². The van der Waals surface area contributed by atoms with Gasteiger partial charge < -0.3 is 9.73 Å². The van der Waals surface area contributed by atoms with Gasteiger partial charge >= 0.3 is 0 Å². The molecule has 0 radical (unpaired) electrons. The molecule has 0 aromatic carbocycles. The number of nitrogens with zero attached hydrogens (tertiary/aromatic N) is 1. The maximum Gasteiger partial charge on any atom is 0.118 e. The third kappa shape index (κ3) is 3.35. The molecule has 1 aromatic heterocycles. The van der Waals surface area contributed by atoms with E-state index in [1.54, 1.807) is 0 Å². The van der Waals surface area contributed by atoms with Crippen LogP contribution in [0.1, 0.15) is 24.4 Å². The summed E-state index contributed by atoms with van der Waals surface area (Å²) in [6.45, 7) is 6.46. The predicted octanol–water partition coefficient (Wildman–Crippen LogP) is 2.02. The molecule has 1 saturated heterocycles. The summed E-state index contributed by atoms with van der Waals surface area (Å²) in [5.74, 6) is 2.93. The number of hydrogen-bond donors (Lipinski definition) is 1. The van der Waals surface area contributed by atoms with Gasteiger partial charge in [0, 0.05) is 6.54 Å². The Bertz CT molecular complexity index is 315. The zero-order valence-electron chi connectivity index (χ0n) is 10.3. The van der Waals surface area contributed by atoms with E-state index < -0.39 is 0 Å². The van der Waals surface area contributed by atoms with Gasteiger partial charge in [-0.2, -0.15) is 0 Å². The van der Waals surface area contributed by atoms with Crippen molar-refractivity contribution in [3.63, 3.8) is 0 Å². The van der Waals surface area contributed by atoms with E-state index in [0.717, 1.165) is 24.0 Å². The Morgan fingerprint density at radius 2 is 2.12 bits per heavy atom. The first kappa shape index (κ1) is 11.7. The van der Waals surface area contributed by atoms with Crippen molar-refractivity contribution in [3.05, 3.63) is 23.7 Å². The third-order valence-corrected chi connectivity index (χ3v) is 3.25. The second-order valence-corrected chi connectivity index (χ2v) is 4.90. The monoisotopic (exact) mass is 222 g/mol. The lowest BCUT2D eigenvalue weighted by Crippen LogP contribution is -2.34. The third-order valence-electron chi connectivity index (χ3n) is 3.25. The average molecular weight is 222 g/mol. The maximum absolute atomic E-state index is 5.59. The van der Waals surface area contributed by atoms with Crippen LogP contribution in [0.25, 0.3) is 0 Å². The number of nitrogens with one attached hydrogen (secondary N) is 1. The lowest BCUT2D eigenvalue weighted by molar-refractivity contribution is 0.220. The molecular weight excluding hydrogens is 200 g/mol. The molecule has 0 atom stereocenters. The summed E-state index contributed by atoms with van der Waals surface area (Å²) in [5, 5.41) is 3.40. The van der Waals surface area contributed by atoms with Gasteiger partial charge in [0.15, 0.2) is 0 Å². The van der Waals surface area contributed by atoms with Gasteiger partial charge in [-0.05, 0) is 58.0 Å². The van der Waals surface area contributed by atoms with E-state index in [9.17, 15) is 0 Å². The van der Waals surface area contributed by atoms with E-state index in [-0.39, 0.29) is 0 Å². The van der Waals surface area contributed by atoms with Crippen molar-refractivity contribution >= 4 is 0 Å². The first-order chi connectivity index (χ1) is 7.74. The van der Waals surface area contributed by atoms with Crippen LogP contribution in [0, 0.1) is 12.8 Å². The smallest absolute Gasteiger partial charge is 0.118 e. The highest BCUT2D eigenvalue weighted by molar-refractivity contribution is 5.05. The standard InChI is InChI=1S/C13H22N2O/c1-11-3-4-13(16-11)10-15(2)9-12-5-7-14-8-6-12/h3-4,12,14H,5-10H2,1-2H3. The Morgan fingerprint density at radius 1 is 1.38 bits per heavy atom. The predicted molar refractivity (Wildman–Crippen MR) is 65.4 cm³/mol. The summed E-state index contributed by atoms with van der Waals surface area (Å²) < 4.78 is 5.59. The lowest BCUT2D eigenvalue weighted by atomic mass is 9.98. The van der Waals surface area contributed by atoms with Gasteiger partial charge in [-0.15, -0.1) is 0 Å². The highest BCUT2D eigenvalue weighted by Gasteiger charge is 2.15. The fraction of sp³-hybridized carbons (Fsp3) is 0.692. The molecule has 3 heteroatoms. The van der Waals surface area contributed by atoms with E-state index in [0.29, 0.717) is 0 Å². The number of rotatable bonds is 4. The molecule has 0 aliphatic carbocycles. The van der Waals surface area contributed by atoms with E-state index in [1.165, 1.54) is 32.5 Å². The molecule has 0 amide bonds. The number of piperidine rings is 1. The summed E-state index contributed by atoms with van der Waals surface area (Å²) in [6, 6.07) is 4.11. The molecule has 3 nitrogen and oxygen atoms in total. The van der Waals surface area contributed by atoms with Crippen LogP contribution in [0.15, 0.2) is 16.5 Å². The maximum atomic E-state index is 5.59. The van der Waals surface area contributed by atoms with Crippen LogP contribution in [-0.2, 0) is 6.54 Å². The van der Waals surface area contributed by atoms with Crippen molar-refractivity contribution in [2.24, 2.45) is 5.92 Å². The fourth-order valence-electron chi connectivity index (χ4n) is 2.41. The first-order valence-electron chi connectivity index (χ1n) is 6.18. The van der Waals surface area contributed by atoms with Crippen molar-refractivity contribution < 1.29 is 4.42 Å². The summed E-state index contributed by atoms with van der Waals surface area (Å²) >= 11 is 0. The van der Waals surface area contributed by atoms with Crippen LogP contribution < -0.4 is 5.32 Å². The molecule has 0 spiro atoms. The first-order valence-corrected chi connectivity index (χ1v) is 6.18. The van der Waals surface area contributed by atoms with Gasteiger partial charge in [-0.3, -0.25) is 4.90 Å². The summed E-state index contributed by atoms with van der Waals surface area (Å²) in [4.78, 5) is 2.37. The quantitative estimate of drug-likeness (QED) is 0.845. The Hall–Kier alpha value is -0.800. The minimum Gasteiger partial charge on any atom is -0.465 e. The molecule has 1 N–H and O–H groups in total. The van der Waals surface area contributed by atoms with Crippen molar-refractivity contribution in [1.82, 2.24) is 10.2 Å². The van der Waals surface area contributed by atoms with Crippen LogP contribution in [0.4, 0.5) is 0 Å². The molecule has 2 rings (SSSR count). The molecule has 1 aliphatic heterocycles. The van der Waals surface area contributed by atoms with E-state index in [1.807, 2.05) is 13.0 Å². The average Bonchev–Trinajstić information content (AvgIpc) is 2.65. The molecule has 0 saturated carbocycles. The molecule has 0 bridgehead atoms. The molecule has 2 heterocycles. The van der Waals surface area contributed by atoms with E-state index >= 15 is 0 Å². The van der Waals surface area contributed by atoms with Gasteiger partial charge in [-0.25, -0.2) is 0 Å². The highest BCUT2D eigenvalue weighted by atomic mass is 16.3. The van der Waals surface area contributed by atoms with Gasteiger partial charge in [0.05, 0.1) is 6.54 Å². The Balaban J connectivity index is 1.77. The minimum atomic E-state index is 0.849. The van der Waals surface area contributed by atoms with Crippen molar-refractivity contribution in [3.8, 4) is 0 Å². The van der Waals surface area contributed by atoms with Crippen LogP contribution in [-0.4, -0.2) is 31.6 Å². The Labute approximate surface area is 97.8 Å². The topological polar surface area (TPSA) is 28.4 Å². The number of hydrogen-bond acceptors (Lipinski definition) is 3. The lowest BCUT2D eigenvalue weighted by Gasteiger charge is -2.27. The van der Waals surface area contributed by atoms with Gasteiger partial charge in [0.25, 0.3) is 0 Å². The molecule has 1 aliphatic rings. The van der Waals surface area contributed by atoms with Crippen LogP contribution in [0.2, 0.25) is 0 Å². The number of furan rings is 1. The van der Waals surface area contributed by atoms with Gasteiger partial charge in [0.2, 0.25) is 0 Å². The molecular formula is C13H22N2O. The minimum absolute atomic E-state index is 0.849. The Morgan fingerprint density at radius 3 is 2.75 bits per heavy atom.